The summed E-state index contributed by atoms with van der Waals surface area (Å²) in [7, 11) is 3.24. The molecular weight excluding hydrogens is 266 g/mol. The maximum Gasteiger partial charge on any atom is 0.162 e. The Labute approximate surface area is 125 Å². The second kappa shape index (κ2) is 6.39. The van der Waals surface area contributed by atoms with Crippen molar-refractivity contribution >= 4 is 5.69 Å². The average Bonchev–Trinajstić information content (AvgIpc) is 2.50. The Hall–Kier alpha value is -2.36. The minimum atomic E-state index is 0.366. The van der Waals surface area contributed by atoms with Crippen LogP contribution in [0.2, 0.25) is 0 Å². The van der Waals surface area contributed by atoms with Gasteiger partial charge in [0, 0.05) is 18.3 Å². The van der Waals surface area contributed by atoms with E-state index in [0.717, 1.165) is 22.4 Å². The quantitative estimate of drug-likeness (QED) is 0.881. The monoisotopic (exact) mass is 287 g/mol. The average molecular weight is 287 g/mol. The summed E-state index contributed by atoms with van der Waals surface area (Å²) in [6.07, 6.45) is 0. The summed E-state index contributed by atoms with van der Waals surface area (Å²) in [6.45, 7) is 4.49. The first-order chi connectivity index (χ1) is 10.0. The van der Waals surface area contributed by atoms with Crippen LogP contribution >= 0.6 is 0 Å². The number of aryl methyl sites for hydroxylation is 2. The van der Waals surface area contributed by atoms with Crippen molar-refractivity contribution in [3.8, 4) is 17.2 Å². The lowest BCUT2D eigenvalue weighted by Gasteiger charge is -2.12. The molecule has 4 nitrogen and oxygen atoms in total. The Bertz CT molecular complexity index is 615. The third-order valence-electron chi connectivity index (χ3n) is 3.43. The number of hydrogen-bond donors (Lipinski definition) is 2. The molecule has 0 saturated carbocycles. The lowest BCUT2D eigenvalue weighted by molar-refractivity contribution is 0.355. The summed E-state index contributed by atoms with van der Waals surface area (Å²) in [5.41, 5.74) is 3.85. The van der Waals surface area contributed by atoms with Gasteiger partial charge in [0.15, 0.2) is 11.5 Å². The van der Waals surface area contributed by atoms with Gasteiger partial charge in [-0.3, -0.25) is 0 Å². The molecule has 2 aromatic rings. The van der Waals surface area contributed by atoms with Gasteiger partial charge in [0.1, 0.15) is 5.75 Å². The maximum atomic E-state index is 9.79. The maximum absolute atomic E-state index is 9.79. The van der Waals surface area contributed by atoms with Crippen LogP contribution in [-0.4, -0.2) is 19.3 Å². The van der Waals surface area contributed by atoms with E-state index in [0.29, 0.717) is 23.8 Å². The number of anilines is 1. The van der Waals surface area contributed by atoms with Gasteiger partial charge in [-0.15, -0.1) is 0 Å². The van der Waals surface area contributed by atoms with E-state index in [1.807, 2.05) is 44.2 Å². The zero-order valence-electron chi connectivity index (χ0n) is 12.9. The molecule has 0 aliphatic heterocycles. The van der Waals surface area contributed by atoms with Crippen LogP contribution in [0.4, 0.5) is 5.69 Å². The zero-order valence-corrected chi connectivity index (χ0v) is 12.9. The van der Waals surface area contributed by atoms with Crippen molar-refractivity contribution < 1.29 is 14.6 Å². The molecule has 4 heteroatoms. The Morgan fingerprint density at radius 2 is 1.57 bits per heavy atom. The molecule has 0 saturated heterocycles. The van der Waals surface area contributed by atoms with Crippen molar-refractivity contribution in [2.75, 3.05) is 19.5 Å². The van der Waals surface area contributed by atoms with Crippen LogP contribution in [0.25, 0.3) is 0 Å². The van der Waals surface area contributed by atoms with Crippen molar-refractivity contribution in [1.82, 2.24) is 0 Å². The summed E-state index contributed by atoms with van der Waals surface area (Å²) >= 11 is 0. The Morgan fingerprint density at radius 1 is 0.952 bits per heavy atom. The van der Waals surface area contributed by atoms with Crippen LogP contribution in [0.1, 0.15) is 16.7 Å². The number of rotatable bonds is 5. The van der Waals surface area contributed by atoms with Gasteiger partial charge >= 0.3 is 0 Å². The van der Waals surface area contributed by atoms with Gasteiger partial charge in [-0.05, 0) is 42.7 Å². The molecule has 0 unspecified atom stereocenters. The van der Waals surface area contributed by atoms with E-state index in [9.17, 15) is 5.11 Å². The number of phenols is 1. The number of benzene rings is 2. The summed E-state index contributed by atoms with van der Waals surface area (Å²) in [5, 5.41) is 13.1. The molecule has 0 amide bonds. The second-order valence-electron chi connectivity index (χ2n) is 5.00. The number of phenolic OH excluding ortho intramolecular Hbond substituents is 1. The highest BCUT2D eigenvalue weighted by molar-refractivity contribution is 5.55. The largest absolute Gasteiger partial charge is 0.507 e. The van der Waals surface area contributed by atoms with Crippen LogP contribution in [-0.2, 0) is 6.54 Å². The SMILES string of the molecule is COc1ccc(NCc2cc(C)c(O)c(C)c2)cc1OC. The van der Waals surface area contributed by atoms with Crippen LogP contribution in [0.5, 0.6) is 17.2 Å². The van der Waals surface area contributed by atoms with E-state index in [1.165, 1.54) is 0 Å². The molecule has 2 aromatic carbocycles. The molecule has 0 radical (unpaired) electrons. The van der Waals surface area contributed by atoms with Crippen molar-refractivity contribution in [1.29, 1.82) is 0 Å². The third-order valence-corrected chi connectivity index (χ3v) is 3.43. The van der Waals surface area contributed by atoms with Gasteiger partial charge < -0.3 is 19.9 Å². The van der Waals surface area contributed by atoms with Gasteiger partial charge in [-0.2, -0.15) is 0 Å². The number of ether oxygens (including phenoxy) is 2. The van der Waals surface area contributed by atoms with E-state index in [4.69, 9.17) is 9.47 Å². The molecule has 0 spiro atoms. The molecule has 0 fully saturated rings. The fourth-order valence-electron chi connectivity index (χ4n) is 2.30. The molecule has 112 valence electrons. The molecule has 0 heterocycles. The number of aromatic hydroxyl groups is 1. The molecule has 0 aliphatic rings. The lowest BCUT2D eigenvalue weighted by Crippen LogP contribution is -2.01. The first-order valence-corrected chi connectivity index (χ1v) is 6.80. The summed E-state index contributed by atoms with van der Waals surface area (Å²) in [6, 6.07) is 9.68. The van der Waals surface area contributed by atoms with Crippen LogP contribution < -0.4 is 14.8 Å². The predicted octanol–water partition coefficient (Wildman–Crippen LogP) is 3.64. The van der Waals surface area contributed by atoms with Gasteiger partial charge in [0.05, 0.1) is 14.2 Å². The van der Waals surface area contributed by atoms with E-state index >= 15 is 0 Å². The molecule has 2 rings (SSSR count). The van der Waals surface area contributed by atoms with E-state index < -0.39 is 0 Å². The van der Waals surface area contributed by atoms with Crippen LogP contribution in [0.3, 0.4) is 0 Å². The standard InChI is InChI=1S/C17H21NO3/c1-11-7-13(8-12(2)17(11)19)10-18-14-5-6-15(20-3)16(9-14)21-4/h5-9,18-19H,10H2,1-4H3. The Morgan fingerprint density at radius 3 is 2.14 bits per heavy atom. The topological polar surface area (TPSA) is 50.7 Å². The first-order valence-electron chi connectivity index (χ1n) is 6.80. The minimum Gasteiger partial charge on any atom is -0.507 e. The van der Waals surface area contributed by atoms with Crippen LogP contribution in [0.15, 0.2) is 30.3 Å². The van der Waals surface area contributed by atoms with Crippen molar-refractivity contribution in [2.45, 2.75) is 20.4 Å². The molecule has 2 N–H and O–H groups in total. The number of methoxy groups -OCH3 is 2. The van der Waals surface area contributed by atoms with Gasteiger partial charge in [0.25, 0.3) is 0 Å². The number of hydrogen-bond acceptors (Lipinski definition) is 4. The van der Waals surface area contributed by atoms with E-state index in [1.54, 1.807) is 14.2 Å². The smallest absolute Gasteiger partial charge is 0.162 e. The summed E-state index contributed by atoms with van der Waals surface area (Å²) in [5.74, 6) is 1.77. The first kappa shape index (κ1) is 15.0. The van der Waals surface area contributed by atoms with Crippen molar-refractivity contribution in [3.05, 3.63) is 47.0 Å². The fourth-order valence-corrected chi connectivity index (χ4v) is 2.30. The highest BCUT2D eigenvalue weighted by atomic mass is 16.5. The molecule has 0 aromatic heterocycles. The lowest BCUT2D eigenvalue weighted by atomic mass is 10.1. The zero-order chi connectivity index (χ0) is 15.4. The van der Waals surface area contributed by atoms with E-state index in [-0.39, 0.29) is 0 Å². The molecular formula is C17H21NO3. The highest BCUT2D eigenvalue weighted by Crippen LogP contribution is 2.30. The number of nitrogens with one attached hydrogen (secondary N) is 1. The second-order valence-corrected chi connectivity index (χ2v) is 5.00. The molecule has 0 atom stereocenters. The minimum absolute atomic E-state index is 0.366. The van der Waals surface area contributed by atoms with Gasteiger partial charge in [-0.1, -0.05) is 12.1 Å². The summed E-state index contributed by atoms with van der Waals surface area (Å²) < 4.78 is 10.5. The summed E-state index contributed by atoms with van der Waals surface area (Å²) in [4.78, 5) is 0. The third kappa shape index (κ3) is 3.40. The van der Waals surface area contributed by atoms with Gasteiger partial charge in [0.2, 0.25) is 0 Å². The highest BCUT2D eigenvalue weighted by Gasteiger charge is 2.06. The molecule has 21 heavy (non-hydrogen) atoms. The van der Waals surface area contributed by atoms with Crippen molar-refractivity contribution in [3.63, 3.8) is 0 Å². The Balaban J connectivity index is 2.13. The molecule has 0 aliphatic carbocycles. The normalized spacial score (nSPS) is 10.3. The van der Waals surface area contributed by atoms with E-state index in [2.05, 4.69) is 5.32 Å². The predicted molar refractivity (Wildman–Crippen MR) is 84.5 cm³/mol. The van der Waals surface area contributed by atoms with Crippen molar-refractivity contribution in [2.24, 2.45) is 0 Å². The van der Waals surface area contributed by atoms with Crippen LogP contribution in [0, 0.1) is 13.8 Å². The van der Waals surface area contributed by atoms with Gasteiger partial charge in [-0.25, -0.2) is 0 Å². The molecule has 0 bridgehead atoms. The Kier molecular flexibility index (Phi) is 4.58. The fraction of sp³-hybridized carbons (Fsp3) is 0.294.